The van der Waals surface area contributed by atoms with E-state index in [0.29, 0.717) is 11.6 Å². The average Bonchev–Trinajstić information content (AvgIpc) is 3.41. The van der Waals surface area contributed by atoms with Crippen LogP contribution in [0, 0.1) is 0 Å². The number of nitrogens with zero attached hydrogens (tertiary/aromatic N) is 5. The van der Waals surface area contributed by atoms with E-state index < -0.39 is 17.6 Å². The van der Waals surface area contributed by atoms with E-state index in [0.717, 1.165) is 17.0 Å². The van der Waals surface area contributed by atoms with E-state index >= 15 is 0 Å². The lowest BCUT2D eigenvalue weighted by Gasteiger charge is -2.12. The van der Waals surface area contributed by atoms with Crippen molar-refractivity contribution >= 4 is 34.2 Å². The third-order valence-electron chi connectivity index (χ3n) is 5.25. The summed E-state index contributed by atoms with van der Waals surface area (Å²) < 4.78 is 44.7. The number of carbonyl (C=O) groups is 1. The molecular formula is C24H15ClF3N7O2. The van der Waals surface area contributed by atoms with E-state index in [9.17, 15) is 18.0 Å². The highest BCUT2D eigenvalue weighted by molar-refractivity contribution is 6.29. The molecule has 1 amide bonds. The maximum absolute atomic E-state index is 13.1. The first-order valence-corrected chi connectivity index (χ1v) is 11.0. The summed E-state index contributed by atoms with van der Waals surface area (Å²) >= 11 is 5.72. The molecule has 186 valence electrons. The molecular weight excluding hydrogens is 511 g/mol. The van der Waals surface area contributed by atoms with E-state index in [1.54, 1.807) is 24.4 Å². The van der Waals surface area contributed by atoms with Crippen LogP contribution in [0.1, 0.15) is 21.7 Å². The summed E-state index contributed by atoms with van der Waals surface area (Å²) in [5.41, 5.74) is 6.51. The average molecular weight is 526 g/mol. The van der Waals surface area contributed by atoms with Crippen LogP contribution in [-0.4, -0.2) is 30.8 Å². The van der Waals surface area contributed by atoms with Gasteiger partial charge in [0.1, 0.15) is 17.1 Å². The quantitative estimate of drug-likeness (QED) is 0.309. The number of anilines is 1. The van der Waals surface area contributed by atoms with Gasteiger partial charge in [0.2, 0.25) is 5.89 Å². The number of oxazole rings is 1. The second-order valence-corrected chi connectivity index (χ2v) is 8.14. The fraction of sp³-hybridized carbons (Fsp3) is 0.0833. The number of carbonyl (C=O) groups excluding carboxylic acids is 1. The lowest BCUT2D eigenvalue weighted by atomic mass is 10.1. The second-order valence-electron chi connectivity index (χ2n) is 7.75. The Labute approximate surface area is 211 Å². The lowest BCUT2D eigenvalue weighted by molar-refractivity contribution is -0.137. The van der Waals surface area contributed by atoms with Gasteiger partial charge in [-0.15, -0.1) is 0 Å². The molecule has 0 fully saturated rings. The van der Waals surface area contributed by atoms with Crippen LogP contribution < -0.4 is 11.1 Å². The van der Waals surface area contributed by atoms with E-state index in [4.69, 9.17) is 21.8 Å². The van der Waals surface area contributed by atoms with E-state index in [1.807, 2.05) is 12.1 Å². The van der Waals surface area contributed by atoms with Gasteiger partial charge in [0.15, 0.2) is 17.2 Å². The van der Waals surface area contributed by atoms with Crippen LogP contribution in [0.3, 0.4) is 0 Å². The van der Waals surface area contributed by atoms with Gasteiger partial charge in [0.05, 0.1) is 29.5 Å². The molecule has 0 aliphatic heterocycles. The van der Waals surface area contributed by atoms with E-state index in [1.165, 1.54) is 12.5 Å². The SMILES string of the molecule is Nc1nc(-c2ncco2)c(-c2ccc3ncccc3c2)nc1C(=O)NCc1cc(C(F)(F)F)cc(Cl)n1. The van der Waals surface area contributed by atoms with Crippen molar-refractivity contribution in [2.75, 3.05) is 5.73 Å². The van der Waals surface area contributed by atoms with E-state index in [2.05, 4.69) is 30.2 Å². The Bertz CT molecular complexity index is 1630. The third kappa shape index (κ3) is 5.05. The predicted octanol–water partition coefficient (Wildman–Crippen LogP) is 4.93. The first-order chi connectivity index (χ1) is 17.7. The number of nitrogens with two attached hydrogens (primary N) is 1. The van der Waals surface area contributed by atoms with Gasteiger partial charge in [-0.25, -0.2) is 19.9 Å². The topological polar surface area (TPSA) is 133 Å². The minimum atomic E-state index is -4.62. The van der Waals surface area contributed by atoms with Gasteiger partial charge in [-0.1, -0.05) is 23.7 Å². The van der Waals surface area contributed by atoms with Crippen LogP contribution in [0.2, 0.25) is 5.15 Å². The maximum atomic E-state index is 13.1. The summed E-state index contributed by atoms with van der Waals surface area (Å²) in [5.74, 6) is -0.870. The van der Waals surface area contributed by atoms with Gasteiger partial charge >= 0.3 is 6.18 Å². The highest BCUT2D eigenvalue weighted by Gasteiger charge is 2.31. The number of aromatic nitrogens is 5. The molecule has 0 unspecified atom stereocenters. The molecule has 3 N–H and O–H groups in total. The van der Waals surface area contributed by atoms with Gasteiger partial charge in [-0.05, 0) is 30.3 Å². The maximum Gasteiger partial charge on any atom is 0.416 e. The van der Waals surface area contributed by atoms with Crippen molar-refractivity contribution in [1.29, 1.82) is 0 Å². The molecule has 0 saturated carbocycles. The van der Waals surface area contributed by atoms with Crippen LogP contribution in [-0.2, 0) is 12.7 Å². The molecule has 4 heterocycles. The molecule has 0 atom stereocenters. The summed E-state index contributed by atoms with van der Waals surface area (Å²) in [4.78, 5) is 34.0. The van der Waals surface area contributed by atoms with Gasteiger partial charge in [-0.2, -0.15) is 13.2 Å². The molecule has 0 aliphatic carbocycles. The minimum Gasteiger partial charge on any atom is -0.443 e. The molecule has 0 aliphatic rings. The number of rotatable bonds is 5. The molecule has 0 spiro atoms. The number of hydrogen-bond acceptors (Lipinski definition) is 8. The van der Waals surface area contributed by atoms with Crippen molar-refractivity contribution < 1.29 is 22.4 Å². The van der Waals surface area contributed by atoms with Crippen molar-refractivity contribution in [3.8, 4) is 22.8 Å². The summed E-state index contributed by atoms with van der Waals surface area (Å²) in [6, 6.07) is 10.5. The number of amides is 1. The predicted molar refractivity (Wildman–Crippen MR) is 128 cm³/mol. The normalized spacial score (nSPS) is 11.6. The van der Waals surface area contributed by atoms with Crippen LogP contribution in [0.15, 0.2) is 65.5 Å². The van der Waals surface area contributed by atoms with Crippen molar-refractivity contribution in [3.63, 3.8) is 0 Å². The number of alkyl halides is 3. The second kappa shape index (κ2) is 9.47. The Kier molecular flexibility index (Phi) is 6.17. The summed E-state index contributed by atoms with van der Waals surface area (Å²) in [6.07, 6.45) is -0.177. The zero-order valence-electron chi connectivity index (χ0n) is 18.6. The zero-order chi connectivity index (χ0) is 26.2. The van der Waals surface area contributed by atoms with Crippen LogP contribution in [0.5, 0.6) is 0 Å². The molecule has 5 rings (SSSR count). The van der Waals surface area contributed by atoms with Crippen molar-refractivity contribution in [2.45, 2.75) is 12.7 Å². The molecule has 5 aromatic rings. The number of benzene rings is 1. The van der Waals surface area contributed by atoms with Crippen molar-refractivity contribution in [1.82, 2.24) is 30.2 Å². The fourth-order valence-electron chi connectivity index (χ4n) is 3.59. The molecule has 37 heavy (non-hydrogen) atoms. The minimum absolute atomic E-state index is 0.0987. The Hall–Kier alpha value is -4.58. The van der Waals surface area contributed by atoms with Gasteiger partial charge in [0.25, 0.3) is 5.91 Å². The molecule has 0 radical (unpaired) electrons. The molecule has 13 heteroatoms. The van der Waals surface area contributed by atoms with Crippen LogP contribution in [0.4, 0.5) is 19.0 Å². The van der Waals surface area contributed by atoms with Gasteiger partial charge < -0.3 is 15.5 Å². The Morgan fingerprint density at radius 2 is 1.86 bits per heavy atom. The number of nitrogen functional groups attached to an aromatic ring is 1. The zero-order valence-corrected chi connectivity index (χ0v) is 19.4. The van der Waals surface area contributed by atoms with E-state index in [-0.39, 0.29) is 46.2 Å². The van der Waals surface area contributed by atoms with Crippen molar-refractivity contribution in [3.05, 3.63) is 83.2 Å². The highest BCUT2D eigenvalue weighted by atomic mass is 35.5. The van der Waals surface area contributed by atoms with Gasteiger partial charge in [-0.3, -0.25) is 9.78 Å². The fourth-order valence-corrected chi connectivity index (χ4v) is 3.82. The number of fused-ring (bicyclic) bond motifs is 1. The van der Waals surface area contributed by atoms with Crippen LogP contribution in [0.25, 0.3) is 33.7 Å². The standard InChI is InChI=1S/C24H15ClF3N7O2/c25-17-10-14(24(26,27)28)9-15(33-17)11-32-22(36)20-21(29)35-19(23-31-6-7-37-23)18(34-20)13-3-4-16-12(8-13)2-1-5-30-16/h1-10H,11H2,(H2,29,35)(H,32,36). The number of pyridine rings is 2. The third-order valence-corrected chi connectivity index (χ3v) is 5.45. The largest absolute Gasteiger partial charge is 0.443 e. The monoisotopic (exact) mass is 525 g/mol. The first-order valence-electron chi connectivity index (χ1n) is 10.6. The molecule has 1 aromatic carbocycles. The molecule has 0 bridgehead atoms. The molecule has 9 nitrogen and oxygen atoms in total. The highest BCUT2D eigenvalue weighted by Crippen LogP contribution is 2.32. The Morgan fingerprint density at radius 1 is 1.03 bits per heavy atom. The molecule has 4 aromatic heterocycles. The molecule has 0 saturated heterocycles. The summed E-state index contributed by atoms with van der Waals surface area (Å²) in [6.45, 7) is -0.359. The van der Waals surface area contributed by atoms with Gasteiger partial charge in [0, 0.05) is 17.1 Å². The Morgan fingerprint density at radius 3 is 2.62 bits per heavy atom. The smallest absolute Gasteiger partial charge is 0.416 e. The van der Waals surface area contributed by atoms with Crippen LogP contribution >= 0.6 is 11.6 Å². The number of nitrogens with one attached hydrogen (secondary N) is 1. The van der Waals surface area contributed by atoms with Crippen molar-refractivity contribution in [2.24, 2.45) is 0 Å². The first kappa shape index (κ1) is 24.1. The summed E-state index contributed by atoms with van der Waals surface area (Å²) in [7, 11) is 0. The summed E-state index contributed by atoms with van der Waals surface area (Å²) in [5, 5.41) is 2.92. The lowest BCUT2D eigenvalue weighted by Crippen LogP contribution is -2.26. The number of halogens is 4. The number of hydrogen-bond donors (Lipinski definition) is 2. The Balaban J connectivity index is 1.51.